The maximum atomic E-state index is 15.0. The number of para-hydroxylation sites is 1. The highest BCUT2D eigenvalue weighted by molar-refractivity contribution is 6.02. The molecule has 0 saturated carbocycles. The van der Waals surface area contributed by atoms with E-state index in [0.29, 0.717) is 0 Å². The Hall–Kier alpha value is -2.69. The van der Waals surface area contributed by atoms with Gasteiger partial charge >= 0.3 is 5.97 Å². The lowest BCUT2D eigenvalue weighted by molar-refractivity contribution is -0.121. The highest BCUT2D eigenvalue weighted by Gasteiger charge is 2.37. The van der Waals surface area contributed by atoms with E-state index in [1.165, 1.54) is 17.7 Å². The van der Waals surface area contributed by atoms with E-state index in [-0.39, 0.29) is 27.6 Å². The predicted molar refractivity (Wildman–Crippen MR) is 108 cm³/mol. The quantitative estimate of drug-likeness (QED) is 0.744. The minimum Gasteiger partial charge on any atom is -0.478 e. The van der Waals surface area contributed by atoms with E-state index in [2.05, 4.69) is 33.0 Å². The molecule has 1 amide bonds. The summed E-state index contributed by atoms with van der Waals surface area (Å²) in [5.41, 5.74) is 2.48. The maximum absolute atomic E-state index is 15.0. The zero-order valence-corrected chi connectivity index (χ0v) is 16.7. The lowest BCUT2D eigenvalue weighted by Gasteiger charge is -2.42. The zero-order valence-electron chi connectivity index (χ0n) is 16.7. The van der Waals surface area contributed by atoms with E-state index in [4.69, 9.17) is 0 Å². The molecule has 28 heavy (non-hydrogen) atoms. The molecule has 0 aliphatic heterocycles. The van der Waals surface area contributed by atoms with Crippen molar-refractivity contribution in [1.29, 1.82) is 0 Å². The Balaban J connectivity index is 1.90. The standard InChI is InChI=1S/C23H26FNO3/c1-22(2)11-12-23(3,4)17-13-14(9-10-16(17)22)19(24)20(26)25-18-8-6-5-7-15(18)21(27)28/h5-10,13,19H,11-12H2,1-4H3,(H,25,26)(H,27,28). The number of alkyl halides is 1. The number of nitrogens with one attached hydrogen (secondary N) is 1. The van der Waals surface area contributed by atoms with Crippen LogP contribution in [0.5, 0.6) is 0 Å². The number of halogens is 1. The summed E-state index contributed by atoms with van der Waals surface area (Å²) in [6, 6.07) is 11.4. The van der Waals surface area contributed by atoms with Crippen LogP contribution >= 0.6 is 0 Å². The van der Waals surface area contributed by atoms with Crippen LogP contribution < -0.4 is 5.32 Å². The van der Waals surface area contributed by atoms with Gasteiger partial charge in [0, 0.05) is 0 Å². The van der Waals surface area contributed by atoms with Gasteiger partial charge in [0.25, 0.3) is 5.91 Å². The first-order valence-corrected chi connectivity index (χ1v) is 9.45. The number of anilines is 1. The fraction of sp³-hybridized carbons (Fsp3) is 0.391. The summed E-state index contributed by atoms with van der Waals surface area (Å²) >= 11 is 0. The Morgan fingerprint density at radius 2 is 1.61 bits per heavy atom. The minimum absolute atomic E-state index is 0.0118. The third-order valence-electron chi connectivity index (χ3n) is 5.82. The number of carboxylic acid groups (broad SMARTS) is 1. The number of aromatic carboxylic acids is 1. The third kappa shape index (κ3) is 3.66. The summed E-state index contributed by atoms with van der Waals surface area (Å²) in [4.78, 5) is 23.8. The molecule has 0 fully saturated rings. The second-order valence-corrected chi connectivity index (χ2v) is 8.78. The number of carbonyl (C=O) groups excluding carboxylic acids is 1. The number of carboxylic acids is 1. The fourth-order valence-corrected chi connectivity index (χ4v) is 3.89. The van der Waals surface area contributed by atoms with Crippen LogP contribution in [0, 0.1) is 0 Å². The van der Waals surface area contributed by atoms with Crippen molar-refractivity contribution in [2.24, 2.45) is 0 Å². The molecular formula is C23H26FNO3. The number of hydrogen-bond acceptors (Lipinski definition) is 2. The van der Waals surface area contributed by atoms with E-state index >= 15 is 4.39 Å². The highest BCUT2D eigenvalue weighted by Crippen LogP contribution is 2.46. The summed E-state index contributed by atoms with van der Waals surface area (Å²) in [5, 5.41) is 11.6. The number of carbonyl (C=O) groups is 2. The molecule has 1 atom stereocenters. The highest BCUT2D eigenvalue weighted by atomic mass is 19.1. The molecule has 0 heterocycles. The molecule has 4 nitrogen and oxygen atoms in total. The lowest BCUT2D eigenvalue weighted by atomic mass is 9.63. The predicted octanol–water partition coefficient (Wildman–Crippen LogP) is 5.38. The van der Waals surface area contributed by atoms with E-state index < -0.39 is 18.0 Å². The Labute approximate surface area is 164 Å². The number of fused-ring (bicyclic) bond motifs is 1. The molecule has 0 spiro atoms. The number of hydrogen-bond donors (Lipinski definition) is 2. The van der Waals surface area contributed by atoms with Crippen LogP contribution in [-0.4, -0.2) is 17.0 Å². The summed E-state index contributed by atoms with van der Waals surface area (Å²) in [7, 11) is 0. The molecule has 148 valence electrons. The van der Waals surface area contributed by atoms with Gasteiger partial charge in [-0.05, 0) is 52.5 Å². The van der Waals surface area contributed by atoms with Crippen LogP contribution in [0.1, 0.15) is 73.8 Å². The molecule has 0 saturated heterocycles. The van der Waals surface area contributed by atoms with Crippen molar-refractivity contribution in [3.8, 4) is 0 Å². The Morgan fingerprint density at radius 3 is 2.25 bits per heavy atom. The van der Waals surface area contributed by atoms with Gasteiger partial charge in [-0.25, -0.2) is 9.18 Å². The van der Waals surface area contributed by atoms with Gasteiger partial charge in [0.05, 0.1) is 11.3 Å². The van der Waals surface area contributed by atoms with Crippen molar-refractivity contribution in [2.45, 2.75) is 57.5 Å². The van der Waals surface area contributed by atoms with Gasteiger partial charge in [0.1, 0.15) is 0 Å². The summed E-state index contributed by atoms with van der Waals surface area (Å²) < 4.78 is 15.0. The molecule has 5 heteroatoms. The molecule has 1 aliphatic carbocycles. The minimum atomic E-state index is -1.88. The molecule has 0 radical (unpaired) electrons. The van der Waals surface area contributed by atoms with Gasteiger partial charge in [0.2, 0.25) is 6.17 Å². The summed E-state index contributed by atoms with van der Waals surface area (Å²) in [6.07, 6.45) is 0.164. The fourth-order valence-electron chi connectivity index (χ4n) is 3.89. The van der Waals surface area contributed by atoms with Crippen LogP contribution in [0.4, 0.5) is 10.1 Å². The summed E-state index contributed by atoms with van der Waals surface area (Å²) in [5.74, 6) is -2.05. The van der Waals surface area contributed by atoms with E-state index in [1.807, 2.05) is 6.07 Å². The second-order valence-electron chi connectivity index (χ2n) is 8.78. The van der Waals surface area contributed by atoms with Crippen molar-refractivity contribution in [3.05, 3.63) is 64.7 Å². The van der Waals surface area contributed by atoms with Gasteiger partial charge in [-0.2, -0.15) is 0 Å². The van der Waals surface area contributed by atoms with Crippen molar-refractivity contribution < 1.29 is 19.1 Å². The molecule has 0 aromatic heterocycles. The molecule has 2 aromatic rings. The molecular weight excluding hydrogens is 357 g/mol. The average Bonchev–Trinajstić information content (AvgIpc) is 2.65. The topological polar surface area (TPSA) is 66.4 Å². The first-order chi connectivity index (χ1) is 13.0. The number of benzene rings is 2. The lowest BCUT2D eigenvalue weighted by Crippen LogP contribution is -2.34. The molecule has 0 bridgehead atoms. The molecule has 1 unspecified atom stereocenters. The molecule has 1 aliphatic rings. The summed E-state index contributed by atoms with van der Waals surface area (Å²) in [6.45, 7) is 8.65. The van der Waals surface area contributed by atoms with Crippen LogP contribution in [-0.2, 0) is 15.6 Å². The van der Waals surface area contributed by atoms with Gasteiger partial charge in [-0.1, -0.05) is 58.0 Å². The van der Waals surface area contributed by atoms with Crippen molar-refractivity contribution in [3.63, 3.8) is 0 Å². The van der Waals surface area contributed by atoms with Gasteiger partial charge in [-0.3, -0.25) is 4.79 Å². The van der Waals surface area contributed by atoms with Gasteiger partial charge in [0.15, 0.2) is 0 Å². The maximum Gasteiger partial charge on any atom is 0.337 e. The second kappa shape index (κ2) is 7.04. The zero-order chi connectivity index (χ0) is 20.7. The first kappa shape index (κ1) is 20.1. The van der Waals surface area contributed by atoms with Gasteiger partial charge in [-0.15, -0.1) is 0 Å². The van der Waals surface area contributed by atoms with Crippen molar-refractivity contribution in [2.75, 3.05) is 5.32 Å². The molecule has 3 rings (SSSR count). The van der Waals surface area contributed by atoms with Crippen molar-refractivity contribution in [1.82, 2.24) is 0 Å². The van der Waals surface area contributed by atoms with Crippen molar-refractivity contribution >= 4 is 17.6 Å². The van der Waals surface area contributed by atoms with E-state index in [1.54, 1.807) is 24.3 Å². The number of amides is 1. The van der Waals surface area contributed by atoms with Crippen LogP contribution in [0.3, 0.4) is 0 Å². The molecule has 2 aromatic carbocycles. The Bertz CT molecular complexity index is 933. The molecule has 2 N–H and O–H groups in total. The van der Waals surface area contributed by atoms with Gasteiger partial charge < -0.3 is 10.4 Å². The van der Waals surface area contributed by atoms with Crippen LogP contribution in [0.25, 0.3) is 0 Å². The Kier molecular flexibility index (Phi) is 5.04. The van der Waals surface area contributed by atoms with E-state index in [9.17, 15) is 14.7 Å². The van der Waals surface area contributed by atoms with E-state index in [0.717, 1.165) is 18.4 Å². The van der Waals surface area contributed by atoms with Crippen LogP contribution in [0.15, 0.2) is 42.5 Å². The smallest absolute Gasteiger partial charge is 0.337 e. The third-order valence-corrected chi connectivity index (χ3v) is 5.82. The SMILES string of the molecule is CC1(C)CCC(C)(C)c2cc(C(F)C(=O)Nc3ccccc3C(=O)O)ccc21. The first-order valence-electron chi connectivity index (χ1n) is 9.45. The average molecular weight is 383 g/mol. The normalized spacial score (nSPS) is 18.0. The largest absolute Gasteiger partial charge is 0.478 e. The number of rotatable bonds is 4. The van der Waals surface area contributed by atoms with Crippen LogP contribution in [0.2, 0.25) is 0 Å². The monoisotopic (exact) mass is 383 g/mol. The Morgan fingerprint density at radius 1 is 1.00 bits per heavy atom.